The average Bonchev–Trinajstić information content (AvgIpc) is 2.40. The van der Waals surface area contributed by atoms with Crippen LogP contribution < -0.4 is 0 Å². The summed E-state index contributed by atoms with van der Waals surface area (Å²) in [5.74, 6) is -0.329. The highest BCUT2D eigenvalue weighted by Crippen LogP contribution is 1.97. The van der Waals surface area contributed by atoms with Gasteiger partial charge in [0.05, 0.1) is 6.26 Å². The lowest BCUT2D eigenvalue weighted by atomic mass is 10.2. The Morgan fingerprint density at radius 1 is 1.06 bits per heavy atom. The highest BCUT2D eigenvalue weighted by Gasteiger charge is 1.79. The second-order valence-corrected chi connectivity index (χ2v) is 2.86. The number of benzene rings is 1. The van der Waals surface area contributed by atoms with Gasteiger partial charge in [0.25, 0.3) is 0 Å². The lowest BCUT2D eigenvalue weighted by Gasteiger charge is -1.85. The smallest absolute Gasteiger partial charge is 0.307 e. The summed E-state index contributed by atoms with van der Waals surface area (Å²) in [5, 5.41) is 0. The number of esters is 1. The van der Waals surface area contributed by atoms with Crippen molar-refractivity contribution in [1.82, 2.24) is 0 Å². The molecule has 0 bridgehead atoms. The molecule has 0 aliphatic rings. The van der Waals surface area contributed by atoms with E-state index < -0.39 is 0 Å². The minimum atomic E-state index is -0.329. The summed E-state index contributed by atoms with van der Waals surface area (Å²) in [7, 11) is 0. The van der Waals surface area contributed by atoms with Crippen LogP contribution in [0.5, 0.6) is 0 Å². The third-order valence-corrected chi connectivity index (χ3v) is 1.45. The maximum atomic E-state index is 9.75. The quantitative estimate of drug-likeness (QED) is 0.448. The molecule has 0 amide bonds. The van der Waals surface area contributed by atoms with Crippen molar-refractivity contribution in [3.05, 3.63) is 80.6 Å². The minimum Gasteiger partial charge on any atom is -0.435 e. The van der Waals surface area contributed by atoms with Gasteiger partial charge in [0.15, 0.2) is 0 Å². The molecule has 0 atom stereocenters. The molecule has 0 N–H and O–H groups in total. The van der Waals surface area contributed by atoms with E-state index in [4.69, 9.17) is 0 Å². The molecule has 2 heteroatoms. The molecule has 1 rings (SSSR count). The number of hydrogen-bond donors (Lipinski definition) is 0. The van der Waals surface area contributed by atoms with Crippen LogP contribution >= 0.6 is 0 Å². The molecule has 1 aromatic rings. The number of allylic oxidation sites excluding steroid dienone is 2. The van der Waals surface area contributed by atoms with Gasteiger partial charge >= 0.3 is 5.97 Å². The SMILES string of the molecule is C=CC=C.C=COC(C)=O.C=Cc1ccccc1. The monoisotopic (exact) mass is 244 g/mol. The summed E-state index contributed by atoms with van der Waals surface area (Å²) in [6.07, 6.45) is 6.21. The molecule has 0 aliphatic heterocycles. The molecule has 1 aromatic carbocycles. The summed E-state index contributed by atoms with van der Waals surface area (Å²) in [6.45, 7) is 14.8. The van der Waals surface area contributed by atoms with E-state index in [1.54, 1.807) is 12.2 Å². The van der Waals surface area contributed by atoms with Crippen molar-refractivity contribution in [1.29, 1.82) is 0 Å². The van der Waals surface area contributed by atoms with Gasteiger partial charge in [-0.2, -0.15) is 0 Å². The van der Waals surface area contributed by atoms with Crippen molar-refractivity contribution in [3.8, 4) is 0 Å². The predicted molar refractivity (Wildman–Crippen MR) is 78.9 cm³/mol. The van der Waals surface area contributed by atoms with Crippen LogP contribution in [0, 0.1) is 0 Å². The normalized spacial score (nSPS) is 7.17. The Labute approximate surface area is 110 Å². The Kier molecular flexibility index (Phi) is 14.7. The van der Waals surface area contributed by atoms with Crippen molar-refractivity contribution >= 4 is 12.0 Å². The van der Waals surface area contributed by atoms with Crippen LogP contribution in [0.2, 0.25) is 0 Å². The maximum Gasteiger partial charge on any atom is 0.307 e. The van der Waals surface area contributed by atoms with Crippen molar-refractivity contribution in [2.75, 3.05) is 0 Å². The minimum absolute atomic E-state index is 0.329. The van der Waals surface area contributed by atoms with Crippen molar-refractivity contribution in [2.45, 2.75) is 6.92 Å². The first-order valence-electron chi connectivity index (χ1n) is 5.31. The fraction of sp³-hybridized carbons (Fsp3) is 0.0625. The third-order valence-electron chi connectivity index (χ3n) is 1.45. The summed E-state index contributed by atoms with van der Waals surface area (Å²) in [5.41, 5.74) is 1.17. The molecule has 96 valence electrons. The van der Waals surface area contributed by atoms with Gasteiger partial charge in [-0.15, -0.1) is 0 Å². The van der Waals surface area contributed by atoms with Gasteiger partial charge in [-0.25, -0.2) is 0 Å². The molecule has 0 fully saturated rings. The molecule has 18 heavy (non-hydrogen) atoms. The van der Waals surface area contributed by atoms with Crippen molar-refractivity contribution in [3.63, 3.8) is 0 Å². The summed E-state index contributed by atoms with van der Waals surface area (Å²) < 4.78 is 4.17. The molecule has 0 aliphatic carbocycles. The molecule has 0 radical (unpaired) electrons. The van der Waals surface area contributed by atoms with E-state index in [1.165, 1.54) is 12.5 Å². The van der Waals surface area contributed by atoms with Crippen molar-refractivity contribution < 1.29 is 9.53 Å². The van der Waals surface area contributed by atoms with Crippen LogP contribution in [-0.4, -0.2) is 5.97 Å². The van der Waals surface area contributed by atoms with Crippen LogP contribution in [0.1, 0.15) is 12.5 Å². The fourth-order valence-corrected chi connectivity index (χ4v) is 0.706. The van der Waals surface area contributed by atoms with Crippen LogP contribution in [0.3, 0.4) is 0 Å². The predicted octanol–water partition coefficient (Wildman–Crippen LogP) is 4.38. The zero-order valence-corrected chi connectivity index (χ0v) is 10.8. The number of rotatable bonds is 3. The molecule has 0 aromatic heterocycles. The Morgan fingerprint density at radius 3 is 1.72 bits per heavy atom. The lowest BCUT2D eigenvalue weighted by Crippen LogP contribution is -1.87. The van der Waals surface area contributed by atoms with Crippen LogP contribution in [-0.2, 0) is 9.53 Å². The van der Waals surface area contributed by atoms with Gasteiger partial charge in [-0.3, -0.25) is 4.79 Å². The van der Waals surface area contributed by atoms with Crippen LogP contribution in [0.15, 0.2) is 75.1 Å². The second kappa shape index (κ2) is 14.6. The third kappa shape index (κ3) is 16.1. The van der Waals surface area contributed by atoms with E-state index in [2.05, 4.69) is 31.1 Å². The highest BCUT2D eigenvalue weighted by atomic mass is 16.5. The van der Waals surface area contributed by atoms with Gasteiger partial charge in [0.2, 0.25) is 0 Å². The Morgan fingerprint density at radius 2 is 1.56 bits per heavy atom. The van der Waals surface area contributed by atoms with E-state index in [0.717, 1.165) is 6.26 Å². The standard InChI is InChI=1S/C8H8.C4H6O2.C4H6/c1-2-8-6-4-3-5-7-8;1-3-6-4(2)5;1-3-4-2/h2-7H,1H2;3H,1H2,2H3;3-4H,1-2H2. The second-order valence-electron chi connectivity index (χ2n) is 2.86. The molecule has 0 unspecified atom stereocenters. The molecule has 0 saturated carbocycles. The average molecular weight is 244 g/mol. The van der Waals surface area contributed by atoms with Crippen LogP contribution in [0.25, 0.3) is 6.08 Å². The van der Waals surface area contributed by atoms with Gasteiger partial charge in [0.1, 0.15) is 0 Å². The molecular weight excluding hydrogens is 224 g/mol. The Bertz CT molecular complexity index is 358. The molecule has 2 nitrogen and oxygen atoms in total. The molecule has 0 spiro atoms. The molecule has 0 saturated heterocycles. The van der Waals surface area contributed by atoms with E-state index in [1.807, 2.05) is 36.4 Å². The maximum absolute atomic E-state index is 9.75. The summed E-state index contributed by atoms with van der Waals surface area (Å²) in [4.78, 5) is 9.75. The van der Waals surface area contributed by atoms with Gasteiger partial charge < -0.3 is 4.74 Å². The van der Waals surface area contributed by atoms with Crippen molar-refractivity contribution in [2.24, 2.45) is 0 Å². The first-order valence-corrected chi connectivity index (χ1v) is 5.31. The van der Waals surface area contributed by atoms with Crippen LogP contribution in [0.4, 0.5) is 0 Å². The highest BCUT2D eigenvalue weighted by molar-refractivity contribution is 5.66. The Hall–Kier alpha value is -2.35. The zero-order valence-electron chi connectivity index (χ0n) is 10.8. The fourth-order valence-electron chi connectivity index (χ4n) is 0.706. The van der Waals surface area contributed by atoms with E-state index in [-0.39, 0.29) is 5.97 Å². The molecular formula is C16H20O2. The number of ether oxygens (including phenoxy) is 1. The van der Waals surface area contributed by atoms with E-state index in [0.29, 0.717) is 0 Å². The van der Waals surface area contributed by atoms with E-state index >= 15 is 0 Å². The molecule has 0 heterocycles. The topological polar surface area (TPSA) is 26.3 Å². The number of hydrogen-bond acceptors (Lipinski definition) is 2. The first kappa shape index (κ1) is 18.0. The Balaban J connectivity index is 0. The van der Waals surface area contributed by atoms with Gasteiger partial charge in [0, 0.05) is 6.92 Å². The largest absolute Gasteiger partial charge is 0.435 e. The zero-order chi connectivity index (χ0) is 14.2. The summed E-state index contributed by atoms with van der Waals surface area (Å²) >= 11 is 0. The van der Waals surface area contributed by atoms with Gasteiger partial charge in [-0.1, -0.05) is 74.9 Å². The van der Waals surface area contributed by atoms with Gasteiger partial charge in [-0.05, 0) is 5.56 Å². The lowest BCUT2D eigenvalue weighted by molar-refractivity contribution is -0.135. The van der Waals surface area contributed by atoms with E-state index in [9.17, 15) is 4.79 Å². The number of carbonyl (C=O) groups is 1. The number of carbonyl (C=O) groups excluding carboxylic acids is 1. The first-order chi connectivity index (χ1) is 8.62. The summed E-state index contributed by atoms with van der Waals surface area (Å²) in [6, 6.07) is 10.0.